The molecule has 1 atom stereocenters. The van der Waals surface area contributed by atoms with E-state index < -0.39 is 0 Å². The van der Waals surface area contributed by atoms with Crippen molar-refractivity contribution in [2.24, 2.45) is 5.73 Å². The maximum Gasteiger partial charge on any atom is 0.236 e. The summed E-state index contributed by atoms with van der Waals surface area (Å²) in [6.45, 7) is 2.10. The molecule has 1 aliphatic heterocycles. The third-order valence-electron chi connectivity index (χ3n) is 2.26. The van der Waals surface area contributed by atoms with E-state index >= 15 is 0 Å². The fourth-order valence-electron chi connectivity index (χ4n) is 1.61. The van der Waals surface area contributed by atoms with Crippen molar-refractivity contribution in [3.8, 4) is 0 Å². The lowest BCUT2D eigenvalue weighted by molar-refractivity contribution is -0.133. The molecule has 2 N–H and O–H groups in total. The third kappa shape index (κ3) is 3.32. The molecule has 1 saturated heterocycles. The standard InChI is InChI=1S/C9H19N3O/c1-11(2)7-9(13)12-5-3-4-8(10)6-12/h8H,3-7,10H2,1-2H3. The van der Waals surface area contributed by atoms with Crippen molar-refractivity contribution < 1.29 is 4.79 Å². The Bertz CT molecular complexity index is 182. The minimum Gasteiger partial charge on any atom is -0.340 e. The predicted molar refractivity (Wildman–Crippen MR) is 52.3 cm³/mol. The Balaban J connectivity index is 2.37. The highest BCUT2D eigenvalue weighted by molar-refractivity contribution is 5.78. The number of likely N-dealkylation sites (N-methyl/N-ethyl adjacent to an activating group) is 1. The summed E-state index contributed by atoms with van der Waals surface area (Å²) >= 11 is 0. The molecule has 1 rings (SSSR count). The van der Waals surface area contributed by atoms with Crippen LogP contribution >= 0.6 is 0 Å². The molecule has 0 aromatic heterocycles. The summed E-state index contributed by atoms with van der Waals surface area (Å²) in [7, 11) is 3.81. The van der Waals surface area contributed by atoms with Gasteiger partial charge in [-0.05, 0) is 26.9 Å². The summed E-state index contributed by atoms with van der Waals surface area (Å²) in [5.41, 5.74) is 5.79. The molecule has 0 saturated carbocycles. The van der Waals surface area contributed by atoms with Crippen LogP contribution in [0.2, 0.25) is 0 Å². The highest BCUT2D eigenvalue weighted by Crippen LogP contribution is 2.08. The van der Waals surface area contributed by atoms with Crippen LogP contribution in [0.4, 0.5) is 0 Å². The zero-order valence-corrected chi connectivity index (χ0v) is 8.49. The molecule has 0 radical (unpaired) electrons. The molecule has 1 amide bonds. The van der Waals surface area contributed by atoms with Gasteiger partial charge in [0.1, 0.15) is 0 Å². The van der Waals surface area contributed by atoms with E-state index in [2.05, 4.69) is 0 Å². The van der Waals surface area contributed by atoms with Crippen LogP contribution in [0.25, 0.3) is 0 Å². The van der Waals surface area contributed by atoms with E-state index in [4.69, 9.17) is 5.73 Å². The van der Waals surface area contributed by atoms with Crippen LogP contribution in [0.1, 0.15) is 12.8 Å². The monoisotopic (exact) mass is 185 g/mol. The van der Waals surface area contributed by atoms with Gasteiger partial charge in [0.15, 0.2) is 0 Å². The molecular formula is C9H19N3O. The number of amides is 1. The number of hydrogen-bond acceptors (Lipinski definition) is 3. The Labute approximate surface area is 79.7 Å². The fraction of sp³-hybridized carbons (Fsp3) is 0.889. The molecule has 1 fully saturated rings. The van der Waals surface area contributed by atoms with Crippen molar-refractivity contribution in [3.05, 3.63) is 0 Å². The van der Waals surface area contributed by atoms with Crippen molar-refractivity contribution in [1.29, 1.82) is 0 Å². The van der Waals surface area contributed by atoms with Gasteiger partial charge in [-0.15, -0.1) is 0 Å². The van der Waals surface area contributed by atoms with Gasteiger partial charge in [-0.1, -0.05) is 0 Å². The molecule has 0 bridgehead atoms. The number of nitrogens with two attached hydrogens (primary N) is 1. The first-order valence-electron chi connectivity index (χ1n) is 4.77. The lowest BCUT2D eigenvalue weighted by Crippen LogP contribution is -2.48. The summed E-state index contributed by atoms with van der Waals surface area (Å²) in [6, 6.07) is 0.180. The van der Waals surface area contributed by atoms with Crippen molar-refractivity contribution in [1.82, 2.24) is 9.80 Å². The minimum atomic E-state index is 0.180. The predicted octanol–water partition coefficient (Wildman–Crippen LogP) is -0.502. The largest absolute Gasteiger partial charge is 0.340 e. The lowest BCUT2D eigenvalue weighted by atomic mass is 10.1. The fourth-order valence-corrected chi connectivity index (χ4v) is 1.61. The van der Waals surface area contributed by atoms with Crippen LogP contribution in [-0.4, -0.2) is 55.5 Å². The summed E-state index contributed by atoms with van der Waals surface area (Å²) < 4.78 is 0. The summed E-state index contributed by atoms with van der Waals surface area (Å²) in [4.78, 5) is 15.3. The van der Waals surface area contributed by atoms with E-state index in [-0.39, 0.29) is 11.9 Å². The average Bonchev–Trinajstić information content (AvgIpc) is 2.03. The van der Waals surface area contributed by atoms with E-state index in [0.717, 1.165) is 25.9 Å². The van der Waals surface area contributed by atoms with Gasteiger partial charge in [-0.25, -0.2) is 0 Å². The topological polar surface area (TPSA) is 49.6 Å². The number of likely N-dealkylation sites (tertiary alicyclic amines) is 1. The Kier molecular flexibility index (Phi) is 3.69. The molecule has 0 aromatic rings. The average molecular weight is 185 g/mol. The molecule has 1 heterocycles. The maximum atomic E-state index is 11.6. The van der Waals surface area contributed by atoms with Crippen LogP contribution in [0.15, 0.2) is 0 Å². The van der Waals surface area contributed by atoms with E-state index in [9.17, 15) is 4.79 Å². The smallest absolute Gasteiger partial charge is 0.236 e. The molecule has 76 valence electrons. The molecule has 4 heteroatoms. The highest BCUT2D eigenvalue weighted by Gasteiger charge is 2.20. The molecule has 13 heavy (non-hydrogen) atoms. The first kappa shape index (κ1) is 10.5. The zero-order chi connectivity index (χ0) is 9.84. The summed E-state index contributed by atoms with van der Waals surface area (Å²) in [5, 5.41) is 0. The molecule has 4 nitrogen and oxygen atoms in total. The quantitative estimate of drug-likeness (QED) is 0.631. The van der Waals surface area contributed by atoms with Gasteiger partial charge in [0.25, 0.3) is 0 Å². The number of carbonyl (C=O) groups excluding carboxylic acids is 1. The second-order valence-corrected chi connectivity index (χ2v) is 3.98. The second-order valence-electron chi connectivity index (χ2n) is 3.98. The minimum absolute atomic E-state index is 0.180. The normalized spacial score (nSPS) is 23.7. The van der Waals surface area contributed by atoms with E-state index in [1.54, 1.807) is 0 Å². The highest BCUT2D eigenvalue weighted by atomic mass is 16.2. The Morgan fingerprint density at radius 1 is 1.62 bits per heavy atom. The number of piperidine rings is 1. The van der Waals surface area contributed by atoms with Crippen LogP contribution < -0.4 is 5.73 Å². The molecule has 0 spiro atoms. The summed E-state index contributed by atoms with van der Waals surface area (Å²) in [6.07, 6.45) is 2.09. The van der Waals surface area contributed by atoms with Crippen molar-refractivity contribution >= 4 is 5.91 Å². The van der Waals surface area contributed by atoms with Gasteiger partial charge in [0, 0.05) is 19.1 Å². The van der Waals surface area contributed by atoms with Crippen LogP contribution in [0.5, 0.6) is 0 Å². The summed E-state index contributed by atoms with van der Waals surface area (Å²) in [5.74, 6) is 0.195. The van der Waals surface area contributed by atoms with Gasteiger partial charge in [-0.3, -0.25) is 4.79 Å². The van der Waals surface area contributed by atoms with E-state index in [0.29, 0.717) is 6.54 Å². The van der Waals surface area contributed by atoms with Gasteiger partial charge in [0.2, 0.25) is 5.91 Å². The van der Waals surface area contributed by atoms with Crippen LogP contribution in [0.3, 0.4) is 0 Å². The second kappa shape index (κ2) is 4.58. The SMILES string of the molecule is CN(C)CC(=O)N1CCCC(N)C1. The zero-order valence-electron chi connectivity index (χ0n) is 8.49. The first-order chi connectivity index (χ1) is 6.09. The number of hydrogen-bond donors (Lipinski definition) is 1. The van der Waals surface area contributed by atoms with Crippen molar-refractivity contribution in [2.45, 2.75) is 18.9 Å². The molecular weight excluding hydrogens is 166 g/mol. The maximum absolute atomic E-state index is 11.6. The van der Waals surface area contributed by atoms with Crippen LogP contribution in [-0.2, 0) is 4.79 Å². The lowest BCUT2D eigenvalue weighted by Gasteiger charge is -2.31. The number of carbonyl (C=O) groups is 1. The Morgan fingerprint density at radius 3 is 2.85 bits per heavy atom. The van der Waals surface area contributed by atoms with Gasteiger partial charge >= 0.3 is 0 Å². The van der Waals surface area contributed by atoms with Gasteiger partial charge in [-0.2, -0.15) is 0 Å². The number of nitrogens with zero attached hydrogens (tertiary/aromatic N) is 2. The van der Waals surface area contributed by atoms with Crippen molar-refractivity contribution in [2.75, 3.05) is 33.7 Å². The van der Waals surface area contributed by atoms with Gasteiger partial charge in [0.05, 0.1) is 6.54 Å². The molecule has 0 aromatic carbocycles. The Hall–Kier alpha value is -0.610. The molecule has 1 aliphatic rings. The first-order valence-corrected chi connectivity index (χ1v) is 4.77. The molecule has 1 unspecified atom stereocenters. The van der Waals surface area contributed by atoms with E-state index in [1.165, 1.54) is 0 Å². The Morgan fingerprint density at radius 2 is 2.31 bits per heavy atom. The van der Waals surface area contributed by atoms with Crippen LogP contribution in [0, 0.1) is 0 Å². The number of rotatable bonds is 2. The third-order valence-corrected chi connectivity index (χ3v) is 2.26. The van der Waals surface area contributed by atoms with Crippen molar-refractivity contribution in [3.63, 3.8) is 0 Å². The van der Waals surface area contributed by atoms with Gasteiger partial charge < -0.3 is 15.5 Å². The molecule has 0 aliphatic carbocycles. The van der Waals surface area contributed by atoms with E-state index in [1.807, 2.05) is 23.9 Å².